The molecular weight excluding hydrogens is 336 g/mol. The Kier molecular flexibility index (Phi) is 12.0. The summed E-state index contributed by atoms with van der Waals surface area (Å²) in [7, 11) is 0. The normalized spacial score (nSPS) is 12.5. The number of benzene rings is 2. The fourth-order valence-electron chi connectivity index (χ4n) is 4.52. The van der Waals surface area contributed by atoms with Gasteiger partial charge in [-0.25, -0.2) is 0 Å². The van der Waals surface area contributed by atoms with Crippen molar-refractivity contribution in [2.75, 3.05) is 0 Å². The summed E-state index contributed by atoms with van der Waals surface area (Å²) in [6, 6.07) is 15.9. The average Bonchev–Trinajstić information content (AvgIpc) is 2.73. The van der Waals surface area contributed by atoms with Crippen LogP contribution in [0.1, 0.15) is 122 Å². The maximum absolute atomic E-state index is 2.44. The lowest BCUT2D eigenvalue weighted by Gasteiger charge is -2.17. The van der Waals surface area contributed by atoms with Crippen LogP contribution in [0.2, 0.25) is 0 Å². The molecule has 0 saturated carbocycles. The zero-order valence-corrected chi connectivity index (χ0v) is 18.7. The Hall–Kier alpha value is -1.30. The standard InChI is InChI=1S/C28H44/c1-3-5-6-7-8-9-10-11-12-13-14-15-19-25(18-4-2)28-23-22-26-20-16-17-21-27(26)24-28/h16-17,20-25H,3-15,18-19H2,1-2H3. The molecule has 2 aromatic rings. The van der Waals surface area contributed by atoms with Crippen molar-refractivity contribution >= 4 is 10.8 Å². The molecule has 28 heavy (non-hydrogen) atoms. The van der Waals surface area contributed by atoms with E-state index in [9.17, 15) is 0 Å². The Bertz CT molecular complexity index is 627. The molecule has 0 heteroatoms. The summed E-state index contributed by atoms with van der Waals surface area (Å²) in [4.78, 5) is 0. The monoisotopic (exact) mass is 380 g/mol. The van der Waals surface area contributed by atoms with Gasteiger partial charge >= 0.3 is 0 Å². The summed E-state index contributed by atoms with van der Waals surface area (Å²) < 4.78 is 0. The van der Waals surface area contributed by atoms with Crippen molar-refractivity contribution in [3.8, 4) is 0 Å². The van der Waals surface area contributed by atoms with E-state index < -0.39 is 0 Å². The molecule has 0 bridgehead atoms. The van der Waals surface area contributed by atoms with E-state index in [0.717, 1.165) is 5.92 Å². The smallest absolute Gasteiger partial charge is 0.0162 e. The highest BCUT2D eigenvalue weighted by Gasteiger charge is 2.11. The SMILES string of the molecule is CCCCCCCCCCCCCCC(CCC)c1ccc2ccccc2c1. The molecule has 0 aliphatic heterocycles. The second-order valence-corrected chi connectivity index (χ2v) is 8.77. The largest absolute Gasteiger partial charge is 0.0654 e. The van der Waals surface area contributed by atoms with Gasteiger partial charge in [0.25, 0.3) is 0 Å². The van der Waals surface area contributed by atoms with E-state index in [4.69, 9.17) is 0 Å². The fourth-order valence-corrected chi connectivity index (χ4v) is 4.52. The number of rotatable bonds is 16. The number of hydrogen-bond acceptors (Lipinski definition) is 0. The van der Waals surface area contributed by atoms with Crippen molar-refractivity contribution in [1.82, 2.24) is 0 Å². The third-order valence-corrected chi connectivity index (χ3v) is 6.29. The van der Waals surface area contributed by atoms with Crippen LogP contribution in [-0.4, -0.2) is 0 Å². The Morgan fingerprint density at radius 3 is 1.71 bits per heavy atom. The van der Waals surface area contributed by atoms with Crippen molar-refractivity contribution in [1.29, 1.82) is 0 Å². The van der Waals surface area contributed by atoms with Gasteiger partial charge < -0.3 is 0 Å². The Balaban J connectivity index is 1.60. The second-order valence-electron chi connectivity index (χ2n) is 8.77. The average molecular weight is 381 g/mol. The van der Waals surface area contributed by atoms with Gasteiger partial charge in [-0.15, -0.1) is 0 Å². The Morgan fingerprint density at radius 1 is 0.536 bits per heavy atom. The maximum Gasteiger partial charge on any atom is -0.0162 e. The molecule has 1 unspecified atom stereocenters. The molecule has 2 aromatic carbocycles. The minimum atomic E-state index is 0.748. The molecule has 0 aliphatic carbocycles. The minimum absolute atomic E-state index is 0.748. The van der Waals surface area contributed by atoms with Crippen LogP contribution in [0.4, 0.5) is 0 Å². The lowest BCUT2D eigenvalue weighted by atomic mass is 9.88. The molecule has 0 radical (unpaired) electrons. The lowest BCUT2D eigenvalue weighted by molar-refractivity contribution is 0.503. The van der Waals surface area contributed by atoms with Crippen LogP contribution in [-0.2, 0) is 0 Å². The van der Waals surface area contributed by atoms with Gasteiger partial charge in [-0.05, 0) is 35.1 Å². The summed E-state index contributed by atoms with van der Waals surface area (Å²) in [5.41, 5.74) is 1.56. The summed E-state index contributed by atoms with van der Waals surface area (Å²) in [5, 5.41) is 2.77. The summed E-state index contributed by atoms with van der Waals surface area (Å²) >= 11 is 0. The van der Waals surface area contributed by atoms with E-state index in [1.54, 1.807) is 5.56 Å². The van der Waals surface area contributed by atoms with Crippen LogP contribution in [0.25, 0.3) is 10.8 Å². The van der Waals surface area contributed by atoms with Gasteiger partial charge in [0.15, 0.2) is 0 Å². The highest BCUT2D eigenvalue weighted by molar-refractivity contribution is 5.83. The molecule has 2 rings (SSSR count). The fraction of sp³-hybridized carbons (Fsp3) is 0.643. The molecule has 0 N–H and O–H groups in total. The van der Waals surface area contributed by atoms with Gasteiger partial charge in [-0.3, -0.25) is 0 Å². The molecule has 156 valence electrons. The Morgan fingerprint density at radius 2 is 1.11 bits per heavy atom. The third kappa shape index (κ3) is 8.80. The summed E-state index contributed by atoms with van der Waals surface area (Å²) in [6.07, 6.45) is 21.2. The van der Waals surface area contributed by atoms with Crippen molar-refractivity contribution < 1.29 is 0 Å². The van der Waals surface area contributed by atoms with E-state index in [2.05, 4.69) is 56.3 Å². The zero-order chi connectivity index (χ0) is 19.9. The molecule has 0 saturated heterocycles. The predicted octanol–water partition coefficient (Wildman–Crippen LogP) is 9.81. The van der Waals surface area contributed by atoms with Crippen LogP contribution < -0.4 is 0 Å². The molecule has 0 aliphatic rings. The van der Waals surface area contributed by atoms with Gasteiger partial charge in [-0.1, -0.05) is 140 Å². The highest BCUT2D eigenvalue weighted by atomic mass is 14.2. The topological polar surface area (TPSA) is 0 Å². The van der Waals surface area contributed by atoms with Crippen molar-refractivity contribution in [3.05, 3.63) is 48.0 Å². The van der Waals surface area contributed by atoms with Gasteiger partial charge in [0.1, 0.15) is 0 Å². The Labute approximate surface area is 175 Å². The van der Waals surface area contributed by atoms with E-state index in [1.807, 2.05) is 0 Å². The van der Waals surface area contributed by atoms with Gasteiger partial charge in [0.2, 0.25) is 0 Å². The van der Waals surface area contributed by atoms with Crippen LogP contribution in [0.15, 0.2) is 42.5 Å². The third-order valence-electron chi connectivity index (χ3n) is 6.29. The first-order chi connectivity index (χ1) is 13.8. The van der Waals surface area contributed by atoms with Crippen LogP contribution in [0.3, 0.4) is 0 Å². The molecule has 0 fully saturated rings. The van der Waals surface area contributed by atoms with E-state index in [1.165, 1.54) is 107 Å². The molecule has 0 aromatic heterocycles. The zero-order valence-electron chi connectivity index (χ0n) is 18.7. The summed E-state index contributed by atoms with van der Waals surface area (Å²) in [6.45, 7) is 4.63. The minimum Gasteiger partial charge on any atom is -0.0654 e. The second kappa shape index (κ2) is 14.7. The summed E-state index contributed by atoms with van der Waals surface area (Å²) in [5.74, 6) is 0.748. The molecule has 1 atom stereocenters. The molecular formula is C28H44. The first kappa shape index (κ1) is 23.0. The number of unbranched alkanes of at least 4 members (excludes halogenated alkanes) is 11. The molecule has 0 amide bonds. The highest BCUT2D eigenvalue weighted by Crippen LogP contribution is 2.30. The van der Waals surface area contributed by atoms with Crippen LogP contribution >= 0.6 is 0 Å². The van der Waals surface area contributed by atoms with Crippen LogP contribution in [0.5, 0.6) is 0 Å². The predicted molar refractivity (Wildman–Crippen MR) is 127 cm³/mol. The molecule has 0 heterocycles. The number of fused-ring (bicyclic) bond motifs is 1. The van der Waals surface area contributed by atoms with Gasteiger partial charge in [0, 0.05) is 0 Å². The quantitative estimate of drug-likeness (QED) is 0.254. The van der Waals surface area contributed by atoms with Crippen molar-refractivity contribution in [3.63, 3.8) is 0 Å². The first-order valence-corrected chi connectivity index (χ1v) is 12.3. The maximum atomic E-state index is 2.44. The van der Waals surface area contributed by atoms with Gasteiger partial charge in [-0.2, -0.15) is 0 Å². The van der Waals surface area contributed by atoms with Crippen molar-refractivity contribution in [2.45, 2.75) is 116 Å². The number of hydrogen-bond donors (Lipinski definition) is 0. The van der Waals surface area contributed by atoms with Crippen molar-refractivity contribution in [2.24, 2.45) is 0 Å². The van der Waals surface area contributed by atoms with E-state index in [0.29, 0.717) is 0 Å². The van der Waals surface area contributed by atoms with E-state index in [-0.39, 0.29) is 0 Å². The lowest BCUT2D eigenvalue weighted by Crippen LogP contribution is -1.99. The first-order valence-electron chi connectivity index (χ1n) is 12.3. The van der Waals surface area contributed by atoms with Gasteiger partial charge in [0.05, 0.1) is 0 Å². The van der Waals surface area contributed by atoms with Crippen LogP contribution in [0, 0.1) is 0 Å². The molecule has 0 nitrogen and oxygen atoms in total. The molecule has 0 spiro atoms. The van der Waals surface area contributed by atoms with E-state index >= 15 is 0 Å².